The van der Waals surface area contributed by atoms with Crippen LogP contribution in [0.25, 0.3) is 0 Å². The molecule has 0 aromatic heterocycles. The Bertz CT molecular complexity index is 2150. The number of hydrogen-bond donors (Lipinski definition) is 3. The first-order chi connectivity index (χ1) is 35.1. The molecule has 6 aliphatic heterocycles. The molecular formula is C51H54O21. The van der Waals surface area contributed by atoms with Crippen molar-refractivity contribution in [1.82, 2.24) is 0 Å². The molecule has 0 saturated carbocycles. The molecule has 0 bridgehead atoms. The molecule has 6 aliphatic rings. The molecule has 21 heteroatoms. The predicted molar refractivity (Wildman–Crippen MR) is 239 cm³/mol. The molecule has 6 saturated heterocycles. The van der Waals surface area contributed by atoms with Gasteiger partial charge in [-0.25, -0.2) is 14.4 Å². The monoisotopic (exact) mass is 1000 g/mol. The van der Waals surface area contributed by atoms with Crippen molar-refractivity contribution < 1.29 is 101 Å². The molecule has 72 heavy (non-hydrogen) atoms. The lowest BCUT2D eigenvalue weighted by Crippen LogP contribution is -2.58. The molecule has 10 rings (SSSR count). The summed E-state index contributed by atoms with van der Waals surface area (Å²) in [5.74, 6) is 0. The van der Waals surface area contributed by atoms with Crippen LogP contribution < -0.4 is 0 Å². The van der Waals surface area contributed by atoms with Crippen LogP contribution in [0.2, 0.25) is 0 Å². The van der Waals surface area contributed by atoms with E-state index in [-0.39, 0.29) is 59.5 Å². The Morgan fingerprint density at radius 2 is 0.611 bits per heavy atom. The fraction of sp³-hybridized carbons (Fsp3) is 0.471. The first-order valence-corrected chi connectivity index (χ1v) is 23.6. The number of carbonyl (C=O) groups excluding carboxylic acids is 3. The number of benzene rings is 4. The molecular weight excluding hydrogens is 949 g/mol. The van der Waals surface area contributed by atoms with E-state index in [1.807, 2.05) is 91.0 Å². The van der Waals surface area contributed by atoms with Crippen LogP contribution in [0.4, 0.5) is 14.4 Å². The summed E-state index contributed by atoms with van der Waals surface area (Å²) in [6.45, 7) is 0.176. The van der Waals surface area contributed by atoms with E-state index in [4.69, 9.17) is 71.1 Å². The molecule has 3 N–H and O–H groups in total. The minimum absolute atomic E-state index is 0.0162. The molecule has 6 heterocycles. The summed E-state index contributed by atoms with van der Waals surface area (Å²) >= 11 is 0. The highest BCUT2D eigenvalue weighted by atomic mass is 16.8. The molecule has 0 amide bonds. The second-order valence-corrected chi connectivity index (χ2v) is 17.9. The van der Waals surface area contributed by atoms with Gasteiger partial charge in [-0.15, -0.1) is 0 Å². The normalized spacial score (nSPS) is 32.5. The van der Waals surface area contributed by atoms with Gasteiger partial charge in [-0.3, -0.25) is 0 Å². The fourth-order valence-electron chi connectivity index (χ4n) is 9.30. The SMILES string of the molecule is O=C1O[C@@H]2[C@@H](O)[C@H](OCc3cc(CO[C@@H]4O[C@H](COCc5ccccc5)[C@@H]5OC(=O)O[C@@H]5[C@H]4O)cc(CO[C@@H]4O[C@H](COCc5ccccc5)[C@@H]5OC(=O)O[C@@H]5[C@H]4O)c3)O[C@H](COCc3ccccc3)[C@@H]2O1. The van der Waals surface area contributed by atoms with Crippen LogP contribution in [-0.4, -0.2) is 146 Å². The third-order valence-electron chi connectivity index (χ3n) is 12.8. The number of rotatable bonds is 21. The molecule has 0 unspecified atom stereocenters. The smallest absolute Gasteiger partial charge is 0.424 e. The predicted octanol–water partition coefficient (Wildman–Crippen LogP) is 3.86. The van der Waals surface area contributed by atoms with Crippen LogP contribution in [0.15, 0.2) is 109 Å². The zero-order valence-electron chi connectivity index (χ0n) is 38.6. The van der Waals surface area contributed by atoms with Crippen LogP contribution in [-0.2, 0) is 111 Å². The van der Waals surface area contributed by atoms with E-state index < -0.39 is 111 Å². The summed E-state index contributed by atoms with van der Waals surface area (Å²) in [5, 5.41) is 34.0. The Kier molecular flexibility index (Phi) is 15.9. The zero-order valence-corrected chi connectivity index (χ0v) is 38.6. The Morgan fingerprint density at radius 1 is 0.347 bits per heavy atom. The van der Waals surface area contributed by atoms with Gasteiger partial charge < -0.3 is 86.4 Å². The number of aliphatic hydroxyl groups is 3. The summed E-state index contributed by atoms with van der Waals surface area (Å²) in [5.41, 5.74) is 4.31. The van der Waals surface area contributed by atoms with Crippen LogP contribution in [0, 0.1) is 0 Å². The maximum atomic E-state index is 12.3. The minimum Gasteiger partial charge on any atom is -0.424 e. The van der Waals surface area contributed by atoms with Crippen molar-refractivity contribution in [2.75, 3.05) is 19.8 Å². The highest BCUT2D eigenvalue weighted by molar-refractivity contribution is 5.64. The highest BCUT2D eigenvalue weighted by Crippen LogP contribution is 2.36. The molecule has 21 nitrogen and oxygen atoms in total. The van der Waals surface area contributed by atoms with Crippen LogP contribution in [0.5, 0.6) is 0 Å². The molecule has 15 atom stereocenters. The van der Waals surface area contributed by atoms with E-state index in [1.165, 1.54) is 0 Å². The topological polar surface area (TPSA) is 250 Å². The molecule has 6 fully saturated rings. The summed E-state index contributed by atoms with van der Waals surface area (Å²) in [4.78, 5) is 36.9. The average Bonchev–Trinajstić information content (AvgIpc) is 4.12. The maximum Gasteiger partial charge on any atom is 0.509 e. The van der Waals surface area contributed by atoms with Crippen molar-refractivity contribution in [2.24, 2.45) is 0 Å². The fourth-order valence-corrected chi connectivity index (χ4v) is 9.30. The molecule has 0 spiro atoms. The number of ether oxygens (including phenoxy) is 15. The summed E-state index contributed by atoms with van der Waals surface area (Å²) in [6, 6.07) is 33.6. The van der Waals surface area contributed by atoms with Crippen molar-refractivity contribution in [3.05, 3.63) is 143 Å². The van der Waals surface area contributed by atoms with E-state index in [2.05, 4.69) is 0 Å². The number of aliphatic hydroxyl groups excluding tert-OH is 3. The minimum atomic E-state index is -1.44. The lowest BCUT2D eigenvalue weighted by Gasteiger charge is -2.39. The quantitative estimate of drug-likeness (QED) is 0.0792. The summed E-state index contributed by atoms with van der Waals surface area (Å²) in [7, 11) is 0. The third-order valence-corrected chi connectivity index (χ3v) is 12.8. The van der Waals surface area contributed by atoms with Crippen molar-refractivity contribution in [3.63, 3.8) is 0 Å². The summed E-state index contributed by atoms with van der Waals surface area (Å²) < 4.78 is 87.0. The number of hydrogen-bond acceptors (Lipinski definition) is 21. The van der Waals surface area contributed by atoms with Gasteiger partial charge in [-0.1, -0.05) is 109 Å². The largest absolute Gasteiger partial charge is 0.509 e. The van der Waals surface area contributed by atoms with Crippen molar-refractivity contribution in [2.45, 2.75) is 132 Å². The zero-order chi connectivity index (χ0) is 49.6. The van der Waals surface area contributed by atoms with E-state index in [9.17, 15) is 29.7 Å². The van der Waals surface area contributed by atoms with Gasteiger partial charge in [0.1, 0.15) is 36.6 Å². The molecule has 384 valence electrons. The molecule has 0 radical (unpaired) electrons. The van der Waals surface area contributed by atoms with Crippen molar-refractivity contribution >= 4 is 18.5 Å². The van der Waals surface area contributed by atoms with E-state index >= 15 is 0 Å². The van der Waals surface area contributed by atoms with Gasteiger partial charge in [0.25, 0.3) is 0 Å². The van der Waals surface area contributed by atoms with Gasteiger partial charge in [0.05, 0.1) is 59.5 Å². The first kappa shape index (κ1) is 49.8. The van der Waals surface area contributed by atoms with Crippen LogP contribution in [0.3, 0.4) is 0 Å². The Labute approximate surface area is 412 Å². The molecule has 4 aromatic carbocycles. The second kappa shape index (κ2) is 23.0. The van der Waals surface area contributed by atoms with E-state index in [0.29, 0.717) is 16.7 Å². The second-order valence-electron chi connectivity index (χ2n) is 17.9. The standard InChI is InChI=1S/C51H54O21/c52-37-43-40(67-49(55)70-43)34(25-58-19-28-10-4-1-5-11-28)64-46(37)61-22-31-16-32(23-62-47-38(53)44-41(68-50(56)71-44)35(65-47)26-59-20-29-12-6-2-7-13-29)18-33(17-31)24-63-48-39(54)45-42(69-51(57)72-45)36(66-48)27-60-21-30-14-8-3-9-15-30/h1-18,34-48,52-54H,19-27H2/t34-,35-,36-,37-,38-,39-,40+,41+,42+,43-,44-,45-,46-,47-,48-/m1/s1. The maximum absolute atomic E-state index is 12.3. The van der Waals surface area contributed by atoms with Gasteiger partial charge in [0.15, 0.2) is 55.5 Å². The van der Waals surface area contributed by atoms with Crippen LogP contribution >= 0.6 is 0 Å². The van der Waals surface area contributed by atoms with Gasteiger partial charge in [-0.2, -0.15) is 0 Å². The van der Waals surface area contributed by atoms with Gasteiger partial charge >= 0.3 is 18.5 Å². The molecule has 0 aliphatic carbocycles. The molecule has 4 aromatic rings. The van der Waals surface area contributed by atoms with Crippen molar-refractivity contribution in [1.29, 1.82) is 0 Å². The average molecular weight is 1000 g/mol. The lowest BCUT2D eigenvalue weighted by molar-refractivity contribution is -0.288. The summed E-state index contributed by atoms with van der Waals surface area (Å²) in [6.07, 6.45) is -19.9. The van der Waals surface area contributed by atoms with Gasteiger partial charge in [0.2, 0.25) is 0 Å². The number of carbonyl (C=O) groups is 3. The van der Waals surface area contributed by atoms with E-state index in [0.717, 1.165) is 16.7 Å². The Hall–Kier alpha value is -5.79. The van der Waals surface area contributed by atoms with Gasteiger partial charge in [-0.05, 0) is 33.4 Å². The number of fused-ring (bicyclic) bond motifs is 3. The first-order valence-electron chi connectivity index (χ1n) is 23.6. The van der Waals surface area contributed by atoms with Crippen molar-refractivity contribution in [3.8, 4) is 0 Å². The Balaban J connectivity index is 0.842. The lowest BCUT2D eigenvalue weighted by atomic mass is 9.99. The van der Waals surface area contributed by atoms with Crippen LogP contribution in [0.1, 0.15) is 33.4 Å². The third kappa shape index (κ3) is 11.8. The van der Waals surface area contributed by atoms with E-state index in [1.54, 1.807) is 18.2 Å². The highest BCUT2D eigenvalue weighted by Gasteiger charge is 2.57. The van der Waals surface area contributed by atoms with Gasteiger partial charge in [0, 0.05) is 0 Å². The Morgan fingerprint density at radius 3 is 0.889 bits per heavy atom.